The summed E-state index contributed by atoms with van der Waals surface area (Å²) >= 11 is 12.2. The smallest absolute Gasteiger partial charge is 0.163 e. The van der Waals surface area contributed by atoms with Crippen molar-refractivity contribution in [3.05, 3.63) is 33.4 Å². The van der Waals surface area contributed by atoms with Gasteiger partial charge >= 0.3 is 0 Å². The van der Waals surface area contributed by atoms with Crippen molar-refractivity contribution in [2.24, 2.45) is 0 Å². The van der Waals surface area contributed by atoms with Gasteiger partial charge in [0, 0.05) is 10.9 Å². The van der Waals surface area contributed by atoms with Crippen molar-refractivity contribution in [2.45, 2.75) is 13.3 Å². The first kappa shape index (κ1) is 12.9. The molecule has 92 valence electrons. The molecule has 2 rings (SSSR count). The highest BCUT2D eigenvalue weighted by atomic mass is 35.5. The van der Waals surface area contributed by atoms with Gasteiger partial charge in [0.25, 0.3) is 0 Å². The quantitative estimate of drug-likeness (QED) is 0.783. The van der Waals surface area contributed by atoms with Crippen LogP contribution < -0.4 is 4.74 Å². The van der Waals surface area contributed by atoms with E-state index < -0.39 is 0 Å². The zero-order valence-electron chi connectivity index (χ0n) is 9.92. The van der Waals surface area contributed by atoms with Crippen LogP contribution in [0.3, 0.4) is 0 Å². The van der Waals surface area contributed by atoms with E-state index in [1.165, 1.54) is 7.11 Å². The Balaban J connectivity index is 2.83. The Morgan fingerprint density at radius 2 is 2.11 bits per heavy atom. The predicted octanol–water partition coefficient (Wildman–Crippen LogP) is 3.92. The molecule has 5 heteroatoms. The number of hydrogen-bond acceptors (Lipinski definition) is 3. The van der Waals surface area contributed by atoms with Crippen LogP contribution in [0.25, 0.3) is 10.9 Å². The van der Waals surface area contributed by atoms with Gasteiger partial charge in [-0.15, -0.1) is 0 Å². The molecule has 18 heavy (non-hydrogen) atoms. The summed E-state index contributed by atoms with van der Waals surface area (Å²) in [6, 6.07) is 5.74. The first-order valence-electron chi connectivity index (χ1n) is 5.27. The van der Waals surface area contributed by atoms with Gasteiger partial charge in [-0.3, -0.25) is 0 Å². The average Bonchev–Trinajstić information content (AvgIpc) is 2.32. The summed E-state index contributed by atoms with van der Waals surface area (Å²) < 4.78 is 5.25. The third kappa shape index (κ3) is 2.10. The lowest BCUT2D eigenvalue weighted by atomic mass is 10.1. The van der Waals surface area contributed by atoms with Crippen LogP contribution in [0.2, 0.25) is 10.2 Å². The molecule has 0 unspecified atom stereocenters. The summed E-state index contributed by atoms with van der Waals surface area (Å²) in [5.74, 6) is 0.502. The summed E-state index contributed by atoms with van der Waals surface area (Å²) in [6.45, 7) is 1.93. The van der Waals surface area contributed by atoms with Crippen LogP contribution in [-0.4, -0.2) is 12.1 Å². The van der Waals surface area contributed by atoms with Crippen molar-refractivity contribution >= 4 is 34.1 Å². The Morgan fingerprint density at radius 3 is 2.72 bits per heavy atom. The van der Waals surface area contributed by atoms with Crippen LogP contribution >= 0.6 is 23.2 Å². The molecule has 0 N–H and O–H groups in total. The summed E-state index contributed by atoms with van der Waals surface area (Å²) in [5.41, 5.74) is 2.30. The second kappa shape index (κ2) is 5.01. The van der Waals surface area contributed by atoms with E-state index in [2.05, 4.69) is 11.1 Å². The van der Waals surface area contributed by atoms with E-state index in [4.69, 9.17) is 33.2 Å². The number of fused-ring (bicyclic) bond motifs is 1. The fraction of sp³-hybridized carbons (Fsp3) is 0.231. The van der Waals surface area contributed by atoms with Gasteiger partial charge in [0.05, 0.1) is 24.6 Å². The number of methoxy groups -OCH3 is 1. The lowest BCUT2D eigenvalue weighted by Gasteiger charge is -2.11. The fourth-order valence-corrected chi connectivity index (χ4v) is 2.39. The standard InChI is InChI=1S/C13H10Cl2N2O/c1-7-5-10(14)12(18-2)11-9(7)6-8(3-4-16)13(15)17-11/h5-6H,3H2,1-2H3. The van der Waals surface area contributed by atoms with Gasteiger partial charge in [-0.05, 0) is 24.6 Å². The minimum Gasteiger partial charge on any atom is -0.493 e. The van der Waals surface area contributed by atoms with Gasteiger partial charge in [0.15, 0.2) is 5.75 Å². The number of ether oxygens (including phenoxy) is 1. The van der Waals surface area contributed by atoms with E-state index in [0.29, 0.717) is 27.0 Å². The first-order valence-corrected chi connectivity index (χ1v) is 6.03. The summed E-state index contributed by atoms with van der Waals surface area (Å²) in [7, 11) is 1.54. The van der Waals surface area contributed by atoms with E-state index >= 15 is 0 Å². The van der Waals surface area contributed by atoms with E-state index in [-0.39, 0.29) is 6.42 Å². The van der Waals surface area contributed by atoms with Gasteiger partial charge in [-0.2, -0.15) is 5.26 Å². The Labute approximate surface area is 115 Å². The largest absolute Gasteiger partial charge is 0.493 e. The molecule has 1 aromatic carbocycles. The monoisotopic (exact) mass is 280 g/mol. The molecule has 2 aromatic rings. The molecule has 0 fully saturated rings. The number of benzene rings is 1. The van der Waals surface area contributed by atoms with Crippen molar-refractivity contribution in [3.63, 3.8) is 0 Å². The van der Waals surface area contributed by atoms with E-state index in [9.17, 15) is 0 Å². The third-order valence-electron chi connectivity index (χ3n) is 2.72. The molecule has 0 saturated heterocycles. The normalized spacial score (nSPS) is 10.4. The fourth-order valence-electron chi connectivity index (χ4n) is 1.86. The molecule has 0 radical (unpaired) electrons. The number of hydrogen-bond donors (Lipinski definition) is 0. The summed E-state index contributed by atoms with van der Waals surface area (Å²) in [4.78, 5) is 4.29. The topological polar surface area (TPSA) is 45.9 Å². The van der Waals surface area contributed by atoms with E-state index in [1.54, 1.807) is 0 Å². The zero-order chi connectivity index (χ0) is 13.3. The zero-order valence-corrected chi connectivity index (χ0v) is 11.4. The molecular weight excluding hydrogens is 271 g/mol. The molecular formula is C13H10Cl2N2O. The second-order valence-corrected chi connectivity index (χ2v) is 4.64. The molecule has 1 aromatic heterocycles. The molecule has 0 saturated carbocycles. The maximum atomic E-state index is 8.75. The van der Waals surface area contributed by atoms with Crippen molar-refractivity contribution < 1.29 is 4.74 Å². The van der Waals surface area contributed by atoms with Gasteiger partial charge in [0.1, 0.15) is 10.7 Å². The molecule has 1 heterocycles. The lowest BCUT2D eigenvalue weighted by Crippen LogP contribution is -1.95. The Morgan fingerprint density at radius 1 is 1.39 bits per heavy atom. The van der Waals surface area contributed by atoms with E-state index in [1.807, 2.05) is 19.1 Å². The molecule has 0 atom stereocenters. The van der Waals surface area contributed by atoms with Gasteiger partial charge < -0.3 is 4.74 Å². The van der Waals surface area contributed by atoms with Crippen molar-refractivity contribution in [2.75, 3.05) is 7.11 Å². The molecule has 0 bridgehead atoms. The van der Waals surface area contributed by atoms with Crippen LogP contribution in [0.4, 0.5) is 0 Å². The molecule has 3 nitrogen and oxygen atoms in total. The minimum atomic E-state index is 0.228. The Hall–Kier alpha value is -1.50. The molecule has 0 amide bonds. The highest BCUT2D eigenvalue weighted by Gasteiger charge is 2.14. The third-order valence-corrected chi connectivity index (χ3v) is 3.33. The minimum absolute atomic E-state index is 0.228. The van der Waals surface area contributed by atoms with Gasteiger partial charge in [-0.1, -0.05) is 23.2 Å². The lowest BCUT2D eigenvalue weighted by molar-refractivity contribution is 0.419. The van der Waals surface area contributed by atoms with Crippen LogP contribution in [0.5, 0.6) is 5.75 Å². The number of halogens is 2. The number of nitriles is 1. The summed E-state index contributed by atoms with van der Waals surface area (Å²) in [6.07, 6.45) is 0.228. The highest BCUT2D eigenvalue weighted by molar-refractivity contribution is 6.34. The van der Waals surface area contributed by atoms with Gasteiger partial charge in [-0.25, -0.2) is 4.98 Å². The van der Waals surface area contributed by atoms with Gasteiger partial charge in [0.2, 0.25) is 0 Å². The SMILES string of the molecule is COc1c(Cl)cc(C)c2cc(CC#N)c(Cl)nc12. The van der Waals surface area contributed by atoms with Crippen LogP contribution in [0, 0.1) is 18.3 Å². The number of nitrogens with zero attached hydrogens (tertiary/aromatic N) is 2. The van der Waals surface area contributed by atoms with Crippen LogP contribution in [0.15, 0.2) is 12.1 Å². The van der Waals surface area contributed by atoms with Crippen molar-refractivity contribution in [3.8, 4) is 11.8 Å². The first-order chi connectivity index (χ1) is 8.58. The predicted molar refractivity (Wildman–Crippen MR) is 72.4 cm³/mol. The Kier molecular flexibility index (Phi) is 3.60. The van der Waals surface area contributed by atoms with Crippen molar-refractivity contribution in [1.82, 2.24) is 4.98 Å². The number of pyridine rings is 1. The molecule has 0 aliphatic heterocycles. The number of aromatic nitrogens is 1. The molecule has 0 aliphatic rings. The molecule has 0 aliphatic carbocycles. The Bertz CT molecular complexity index is 662. The number of rotatable bonds is 2. The number of aryl methyl sites for hydroxylation is 1. The van der Waals surface area contributed by atoms with E-state index in [0.717, 1.165) is 10.9 Å². The maximum absolute atomic E-state index is 8.75. The highest BCUT2D eigenvalue weighted by Crippen LogP contribution is 2.36. The molecule has 0 spiro atoms. The van der Waals surface area contributed by atoms with Crippen molar-refractivity contribution in [1.29, 1.82) is 5.26 Å². The van der Waals surface area contributed by atoms with Crippen LogP contribution in [0.1, 0.15) is 11.1 Å². The van der Waals surface area contributed by atoms with Crippen LogP contribution in [-0.2, 0) is 6.42 Å². The second-order valence-electron chi connectivity index (χ2n) is 3.88. The average molecular weight is 281 g/mol. The maximum Gasteiger partial charge on any atom is 0.163 e. The summed E-state index contributed by atoms with van der Waals surface area (Å²) in [5, 5.41) is 10.5.